The van der Waals surface area contributed by atoms with Crippen LogP contribution in [-0.4, -0.2) is 16.9 Å². The summed E-state index contributed by atoms with van der Waals surface area (Å²) in [6.07, 6.45) is 0. The molecule has 0 radical (unpaired) electrons. The lowest BCUT2D eigenvalue weighted by molar-refractivity contribution is 1.63. The van der Waals surface area contributed by atoms with E-state index in [9.17, 15) is 0 Å². The Kier molecular flexibility index (Phi) is 4.74. The Bertz CT molecular complexity index is 1170. The predicted octanol–water partition coefficient (Wildman–Crippen LogP) is 2.70. The summed E-state index contributed by atoms with van der Waals surface area (Å²) < 4.78 is 0. The highest BCUT2D eigenvalue weighted by molar-refractivity contribution is 7.22. The Hall–Kier alpha value is -3.21. The summed E-state index contributed by atoms with van der Waals surface area (Å²) in [6.45, 7) is 9.47. The van der Waals surface area contributed by atoms with Crippen LogP contribution < -0.4 is 25.9 Å². The van der Waals surface area contributed by atoms with Crippen LogP contribution in [0.5, 0.6) is 0 Å². The van der Waals surface area contributed by atoms with Gasteiger partial charge in [0.15, 0.2) is 8.07 Å². The summed E-state index contributed by atoms with van der Waals surface area (Å²) in [4.78, 5) is 0. The zero-order chi connectivity index (χ0) is 20.6. The van der Waals surface area contributed by atoms with Gasteiger partial charge in [0, 0.05) is 0 Å². The highest BCUT2D eigenvalue weighted by Crippen LogP contribution is 2.26. The van der Waals surface area contributed by atoms with Gasteiger partial charge in [0.1, 0.15) is 8.80 Å². The van der Waals surface area contributed by atoms with Crippen molar-refractivity contribution in [3.63, 3.8) is 0 Å². The van der Waals surface area contributed by atoms with Gasteiger partial charge in [-0.25, -0.2) is 0 Å². The van der Waals surface area contributed by atoms with Gasteiger partial charge < -0.3 is 0 Å². The van der Waals surface area contributed by atoms with Gasteiger partial charge in [-0.3, -0.25) is 0 Å². The minimum atomic E-state index is -2.46. The minimum Gasteiger partial charge on any atom is -0.0994 e. The topological polar surface area (TPSA) is 0 Å². The first-order valence-corrected chi connectivity index (χ1v) is 14.1. The smallest absolute Gasteiger partial charge is 0.0994 e. The largest absolute Gasteiger partial charge is 0.178 e. The molecule has 0 aliphatic carbocycles. The molecule has 0 N–H and O–H groups in total. The molecule has 1 atom stereocenters. The number of hydrogen-bond acceptors (Lipinski definition) is 0. The van der Waals surface area contributed by atoms with Gasteiger partial charge >= 0.3 is 0 Å². The van der Waals surface area contributed by atoms with Crippen molar-refractivity contribution in [2.45, 2.75) is 0 Å². The summed E-state index contributed by atoms with van der Waals surface area (Å²) >= 11 is 0. The van der Waals surface area contributed by atoms with Crippen LogP contribution in [0.15, 0.2) is 139 Å². The fourth-order valence-corrected chi connectivity index (χ4v) is 14.8. The van der Waals surface area contributed by atoms with Crippen molar-refractivity contribution in [2.24, 2.45) is 0 Å². The third-order valence-corrected chi connectivity index (χ3v) is 15.1. The number of allylic oxidation sites excluding steroid dienone is 2. The number of hydrogen-bond donors (Lipinski definition) is 0. The molecule has 144 valence electrons. The van der Waals surface area contributed by atoms with Crippen LogP contribution in [0.2, 0.25) is 0 Å². The molecule has 5 rings (SSSR count). The zero-order valence-corrected chi connectivity index (χ0v) is 19.1. The third-order valence-electron chi connectivity index (χ3n) is 6.41. The van der Waals surface area contributed by atoms with Gasteiger partial charge in [0.25, 0.3) is 0 Å². The molecule has 0 nitrogen and oxygen atoms in total. The average Bonchev–Trinajstić information content (AvgIpc) is 2.82. The van der Waals surface area contributed by atoms with Gasteiger partial charge in [-0.1, -0.05) is 149 Å². The van der Waals surface area contributed by atoms with Crippen LogP contribution in [0.3, 0.4) is 0 Å². The van der Waals surface area contributed by atoms with Gasteiger partial charge in [0.2, 0.25) is 0 Å². The first kappa shape index (κ1) is 18.8. The van der Waals surface area contributed by atoms with E-state index in [-0.39, 0.29) is 0 Å². The van der Waals surface area contributed by atoms with Crippen molar-refractivity contribution < 1.29 is 0 Å². The SMILES string of the molecule is C=C1C(=C)[Si](c2ccccc2)(c2ccccc2)c2ccccc2[SiH]1c1ccccc1. The maximum atomic E-state index is 4.77. The van der Waals surface area contributed by atoms with E-state index in [4.69, 9.17) is 13.2 Å². The second kappa shape index (κ2) is 7.56. The lowest BCUT2D eigenvalue weighted by Gasteiger charge is -2.44. The van der Waals surface area contributed by atoms with E-state index >= 15 is 0 Å². The van der Waals surface area contributed by atoms with Crippen molar-refractivity contribution in [2.75, 3.05) is 0 Å². The van der Waals surface area contributed by atoms with E-state index in [0.717, 1.165) is 0 Å². The van der Waals surface area contributed by atoms with Crippen LogP contribution in [0.1, 0.15) is 0 Å². The molecule has 0 saturated carbocycles. The quantitative estimate of drug-likeness (QED) is 0.451. The molecule has 0 saturated heterocycles. The minimum absolute atomic E-state index is 1.26. The van der Waals surface area contributed by atoms with Gasteiger partial charge in [-0.05, 0) is 15.6 Å². The first-order chi connectivity index (χ1) is 14.7. The van der Waals surface area contributed by atoms with E-state index < -0.39 is 16.9 Å². The molecule has 1 unspecified atom stereocenters. The van der Waals surface area contributed by atoms with E-state index in [1.165, 1.54) is 36.3 Å². The predicted molar refractivity (Wildman–Crippen MR) is 135 cm³/mol. The molecule has 1 aliphatic heterocycles. The monoisotopic (exact) mass is 416 g/mol. The first-order valence-electron chi connectivity index (χ1n) is 10.4. The summed E-state index contributed by atoms with van der Waals surface area (Å²) in [6, 6.07) is 42.0. The second-order valence-electron chi connectivity index (χ2n) is 7.92. The Labute approximate surface area is 181 Å². The van der Waals surface area contributed by atoms with Crippen molar-refractivity contribution in [3.8, 4) is 0 Å². The summed E-state index contributed by atoms with van der Waals surface area (Å²) in [5, 5.41) is 9.71. The normalized spacial score (nSPS) is 17.4. The maximum Gasteiger partial charge on any atom is 0.178 e. The van der Waals surface area contributed by atoms with E-state index in [2.05, 4.69) is 115 Å². The molecule has 1 heterocycles. The molecule has 4 aromatic carbocycles. The second-order valence-corrected chi connectivity index (χ2v) is 14.6. The Balaban J connectivity index is 1.88. The molecule has 0 spiro atoms. The average molecular weight is 417 g/mol. The van der Waals surface area contributed by atoms with E-state index in [1.54, 1.807) is 0 Å². The standard InChI is InChI=1S/C28H24Si2/c1-22-23(2)30(25-16-8-4-9-17-25,26-18-10-5-11-19-26)28-21-13-12-20-27(28)29(22)24-14-6-3-7-15-24/h3-21,29H,1-2H2. The van der Waals surface area contributed by atoms with Crippen LogP contribution in [0.25, 0.3) is 0 Å². The van der Waals surface area contributed by atoms with Gasteiger partial charge in [-0.15, -0.1) is 0 Å². The molecule has 0 fully saturated rings. The fraction of sp³-hybridized carbons (Fsp3) is 0. The molecule has 0 amide bonds. The molecular formula is C28H24Si2. The molecule has 30 heavy (non-hydrogen) atoms. The van der Waals surface area contributed by atoms with Gasteiger partial charge in [0.05, 0.1) is 0 Å². The van der Waals surface area contributed by atoms with Crippen LogP contribution >= 0.6 is 0 Å². The molecule has 2 heteroatoms. The van der Waals surface area contributed by atoms with Crippen molar-refractivity contribution in [1.82, 2.24) is 0 Å². The molecule has 4 aromatic rings. The van der Waals surface area contributed by atoms with E-state index in [1.807, 2.05) is 0 Å². The fourth-order valence-electron chi connectivity index (χ4n) is 5.08. The van der Waals surface area contributed by atoms with Crippen molar-refractivity contribution >= 4 is 42.8 Å². The molecule has 0 bridgehead atoms. The Morgan fingerprint density at radius 3 is 1.57 bits per heavy atom. The summed E-state index contributed by atoms with van der Waals surface area (Å²) in [5.74, 6) is 0. The molecule has 0 aromatic heterocycles. The number of fused-ring (bicyclic) bond motifs is 1. The molecule has 1 aliphatic rings. The number of benzene rings is 4. The van der Waals surface area contributed by atoms with Crippen LogP contribution in [0.4, 0.5) is 0 Å². The number of rotatable bonds is 3. The van der Waals surface area contributed by atoms with Crippen LogP contribution in [0, 0.1) is 0 Å². The third kappa shape index (κ3) is 2.72. The highest BCUT2D eigenvalue weighted by atomic mass is 28.3. The van der Waals surface area contributed by atoms with E-state index in [0.29, 0.717) is 0 Å². The maximum absolute atomic E-state index is 4.77. The Morgan fingerprint density at radius 2 is 1.00 bits per heavy atom. The zero-order valence-electron chi connectivity index (χ0n) is 17.0. The lowest BCUT2D eigenvalue weighted by Crippen LogP contribution is -2.77. The van der Waals surface area contributed by atoms with Gasteiger partial charge in [-0.2, -0.15) is 0 Å². The summed E-state index contributed by atoms with van der Waals surface area (Å²) in [7, 11) is -4.08. The van der Waals surface area contributed by atoms with Crippen LogP contribution in [-0.2, 0) is 0 Å². The highest BCUT2D eigenvalue weighted by Gasteiger charge is 2.49. The summed E-state index contributed by atoms with van der Waals surface area (Å²) in [5.41, 5.74) is 0. The van der Waals surface area contributed by atoms with Crippen molar-refractivity contribution in [1.29, 1.82) is 0 Å². The lowest BCUT2D eigenvalue weighted by atomic mass is 10.3. The Morgan fingerprint density at radius 1 is 0.533 bits per heavy atom. The molecular weight excluding hydrogens is 392 g/mol. The van der Waals surface area contributed by atoms with Crippen molar-refractivity contribution in [3.05, 3.63) is 139 Å².